The fourth-order valence-electron chi connectivity index (χ4n) is 3.05. The minimum Gasteiger partial charge on any atom is -0.482 e. The topological polar surface area (TPSA) is 136 Å². The van der Waals surface area contributed by atoms with Crippen LogP contribution in [-0.4, -0.2) is 29.6 Å². The molecule has 0 atom stereocenters. The van der Waals surface area contributed by atoms with E-state index in [0.717, 1.165) is 0 Å². The van der Waals surface area contributed by atoms with Gasteiger partial charge in [-0.2, -0.15) is 5.10 Å². The molecular formula is C24H17ClN4O6. The minimum atomic E-state index is -0.629. The minimum absolute atomic E-state index is 0.0480. The molecule has 0 aliphatic carbocycles. The SMILES string of the molecule is O=C(COc1ccc(/C=N\NC(=O)c2cc3cc([N+](=O)[O-])ccc3o2)cc1Cl)Nc1ccccc1. The van der Waals surface area contributed by atoms with Crippen molar-refractivity contribution in [2.24, 2.45) is 5.10 Å². The van der Waals surface area contributed by atoms with Gasteiger partial charge in [0.05, 0.1) is 16.2 Å². The number of nitro benzene ring substituents is 1. The quantitative estimate of drug-likeness (QED) is 0.206. The Balaban J connectivity index is 1.32. The zero-order chi connectivity index (χ0) is 24.8. The highest BCUT2D eigenvalue weighted by Crippen LogP contribution is 2.26. The number of ether oxygens (including phenoxy) is 1. The number of hydrazone groups is 1. The van der Waals surface area contributed by atoms with Gasteiger partial charge in [0.15, 0.2) is 12.4 Å². The number of benzene rings is 3. The van der Waals surface area contributed by atoms with Crippen molar-refractivity contribution in [3.05, 3.63) is 99.3 Å². The summed E-state index contributed by atoms with van der Waals surface area (Å²) < 4.78 is 10.9. The number of furan rings is 1. The van der Waals surface area contributed by atoms with Crippen molar-refractivity contribution in [2.75, 3.05) is 11.9 Å². The molecular weight excluding hydrogens is 476 g/mol. The van der Waals surface area contributed by atoms with Crippen molar-refractivity contribution in [3.63, 3.8) is 0 Å². The Labute approximate surface area is 203 Å². The molecule has 0 spiro atoms. The van der Waals surface area contributed by atoms with E-state index in [2.05, 4.69) is 15.8 Å². The molecule has 10 nitrogen and oxygen atoms in total. The smallest absolute Gasteiger partial charge is 0.307 e. The largest absolute Gasteiger partial charge is 0.482 e. The highest BCUT2D eigenvalue weighted by atomic mass is 35.5. The predicted octanol–water partition coefficient (Wildman–Crippen LogP) is 4.78. The fourth-order valence-corrected chi connectivity index (χ4v) is 3.30. The van der Waals surface area contributed by atoms with Crippen molar-refractivity contribution in [2.45, 2.75) is 0 Å². The number of carbonyl (C=O) groups excluding carboxylic acids is 2. The lowest BCUT2D eigenvalue weighted by Crippen LogP contribution is -2.20. The number of non-ortho nitro benzene ring substituents is 1. The number of nitrogens with zero attached hydrogens (tertiary/aromatic N) is 2. The molecule has 176 valence electrons. The van der Waals surface area contributed by atoms with E-state index < -0.39 is 10.8 Å². The zero-order valence-corrected chi connectivity index (χ0v) is 18.7. The summed E-state index contributed by atoms with van der Waals surface area (Å²) in [6.45, 7) is -0.223. The van der Waals surface area contributed by atoms with E-state index >= 15 is 0 Å². The van der Waals surface area contributed by atoms with Gasteiger partial charge in [-0.1, -0.05) is 29.8 Å². The summed E-state index contributed by atoms with van der Waals surface area (Å²) in [5.41, 5.74) is 3.77. The second-order valence-electron chi connectivity index (χ2n) is 7.18. The second-order valence-corrected chi connectivity index (χ2v) is 7.59. The first kappa shape index (κ1) is 23.5. The van der Waals surface area contributed by atoms with E-state index in [4.69, 9.17) is 20.8 Å². The Kier molecular flexibility index (Phi) is 7.03. The van der Waals surface area contributed by atoms with Crippen LogP contribution in [0.15, 0.2) is 82.3 Å². The summed E-state index contributed by atoms with van der Waals surface area (Å²) >= 11 is 6.22. The number of para-hydroxylation sites is 1. The molecule has 1 heterocycles. The Morgan fingerprint density at radius 2 is 1.89 bits per heavy atom. The molecule has 0 saturated carbocycles. The van der Waals surface area contributed by atoms with Crippen LogP contribution in [0, 0.1) is 10.1 Å². The number of amides is 2. The standard InChI is InChI=1S/C24H17ClN4O6/c25-19-10-15(6-8-21(19)34-14-23(30)27-17-4-2-1-3-5-17)13-26-28-24(31)22-12-16-11-18(29(32)33)7-9-20(16)35-22/h1-13H,14H2,(H,27,30)(H,28,31)/b26-13-. The first-order valence-electron chi connectivity index (χ1n) is 10.2. The van der Waals surface area contributed by atoms with Crippen LogP contribution >= 0.6 is 11.6 Å². The van der Waals surface area contributed by atoms with Gasteiger partial charge in [-0.3, -0.25) is 19.7 Å². The molecule has 2 amide bonds. The second kappa shape index (κ2) is 10.5. The summed E-state index contributed by atoms with van der Waals surface area (Å²) in [5.74, 6) is -0.697. The summed E-state index contributed by atoms with van der Waals surface area (Å²) in [6.07, 6.45) is 1.36. The third-order valence-electron chi connectivity index (χ3n) is 4.69. The van der Waals surface area contributed by atoms with Gasteiger partial charge in [0.2, 0.25) is 0 Å². The summed E-state index contributed by atoms with van der Waals surface area (Å²) in [4.78, 5) is 34.7. The van der Waals surface area contributed by atoms with Gasteiger partial charge >= 0.3 is 5.91 Å². The van der Waals surface area contributed by atoms with Gasteiger partial charge in [-0.25, -0.2) is 5.43 Å². The van der Waals surface area contributed by atoms with Crippen LogP contribution in [0.4, 0.5) is 11.4 Å². The number of hydrogen-bond acceptors (Lipinski definition) is 7. The molecule has 1 aromatic heterocycles. The molecule has 0 aliphatic rings. The molecule has 4 aromatic rings. The van der Waals surface area contributed by atoms with Gasteiger partial charge in [-0.05, 0) is 48.0 Å². The fraction of sp³-hybridized carbons (Fsp3) is 0.0417. The van der Waals surface area contributed by atoms with Crippen LogP contribution < -0.4 is 15.5 Å². The van der Waals surface area contributed by atoms with Crippen LogP contribution in [0.3, 0.4) is 0 Å². The molecule has 11 heteroatoms. The van der Waals surface area contributed by atoms with Crippen LogP contribution in [0.1, 0.15) is 16.1 Å². The van der Waals surface area contributed by atoms with Crippen LogP contribution in [0.2, 0.25) is 5.02 Å². The maximum absolute atomic E-state index is 12.3. The van der Waals surface area contributed by atoms with E-state index in [9.17, 15) is 19.7 Å². The van der Waals surface area contributed by atoms with Gasteiger partial charge < -0.3 is 14.5 Å². The molecule has 0 bridgehead atoms. The summed E-state index contributed by atoms with van der Waals surface area (Å²) in [6, 6.07) is 19.2. The van der Waals surface area contributed by atoms with E-state index in [0.29, 0.717) is 28.0 Å². The third kappa shape index (κ3) is 6.01. The van der Waals surface area contributed by atoms with E-state index in [1.54, 1.807) is 42.5 Å². The van der Waals surface area contributed by atoms with Crippen LogP contribution in [-0.2, 0) is 4.79 Å². The zero-order valence-electron chi connectivity index (χ0n) is 17.9. The molecule has 0 fully saturated rings. The molecule has 4 rings (SSSR count). The van der Waals surface area contributed by atoms with Crippen molar-refractivity contribution in [3.8, 4) is 5.75 Å². The van der Waals surface area contributed by atoms with Crippen LogP contribution in [0.25, 0.3) is 11.0 Å². The van der Waals surface area contributed by atoms with Gasteiger partial charge in [0, 0.05) is 23.2 Å². The summed E-state index contributed by atoms with van der Waals surface area (Å²) in [5, 5.41) is 18.1. The third-order valence-corrected chi connectivity index (χ3v) is 4.98. The highest BCUT2D eigenvalue weighted by Gasteiger charge is 2.14. The number of nitro groups is 1. The lowest BCUT2D eigenvalue weighted by Gasteiger charge is -2.09. The van der Waals surface area contributed by atoms with Crippen LogP contribution in [0.5, 0.6) is 5.75 Å². The Morgan fingerprint density at radius 1 is 1.09 bits per heavy atom. The average molecular weight is 493 g/mol. The number of fused-ring (bicyclic) bond motifs is 1. The van der Waals surface area contributed by atoms with Crippen molar-refractivity contribution in [1.29, 1.82) is 0 Å². The maximum atomic E-state index is 12.3. The molecule has 0 radical (unpaired) electrons. The van der Waals surface area contributed by atoms with E-state index in [1.807, 2.05) is 6.07 Å². The molecule has 0 unspecified atom stereocenters. The normalized spacial score (nSPS) is 10.9. The number of hydrogen-bond donors (Lipinski definition) is 2. The van der Waals surface area contributed by atoms with E-state index in [-0.39, 0.29) is 29.0 Å². The van der Waals surface area contributed by atoms with Gasteiger partial charge in [0.25, 0.3) is 11.6 Å². The molecule has 0 saturated heterocycles. The number of nitrogens with one attached hydrogen (secondary N) is 2. The molecule has 2 N–H and O–H groups in total. The maximum Gasteiger partial charge on any atom is 0.307 e. The van der Waals surface area contributed by atoms with Crippen molar-refractivity contribution < 1.29 is 23.7 Å². The molecule has 3 aromatic carbocycles. The lowest BCUT2D eigenvalue weighted by atomic mass is 10.2. The Hall–Kier alpha value is -4.70. The van der Waals surface area contributed by atoms with Crippen molar-refractivity contribution in [1.82, 2.24) is 5.43 Å². The van der Waals surface area contributed by atoms with E-state index in [1.165, 1.54) is 30.5 Å². The molecule has 0 aliphatic heterocycles. The Morgan fingerprint density at radius 3 is 2.63 bits per heavy atom. The first-order chi connectivity index (χ1) is 16.9. The van der Waals surface area contributed by atoms with Gasteiger partial charge in [-0.15, -0.1) is 0 Å². The molecule has 35 heavy (non-hydrogen) atoms. The average Bonchev–Trinajstić information content (AvgIpc) is 3.28. The first-order valence-corrected chi connectivity index (χ1v) is 10.6. The Bertz CT molecular complexity index is 1430. The summed E-state index contributed by atoms with van der Waals surface area (Å²) in [7, 11) is 0. The monoisotopic (exact) mass is 492 g/mol. The number of carbonyl (C=O) groups is 2. The number of halogens is 1. The highest BCUT2D eigenvalue weighted by molar-refractivity contribution is 6.32. The van der Waals surface area contributed by atoms with Gasteiger partial charge in [0.1, 0.15) is 11.3 Å². The number of rotatable bonds is 8. The lowest BCUT2D eigenvalue weighted by molar-refractivity contribution is -0.384. The predicted molar refractivity (Wildman–Crippen MR) is 130 cm³/mol. The number of anilines is 1. The van der Waals surface area contributed by atoms with Crippen molar-refractivity contribution >= 4 is 52.0 Å².